The number of likely N-dealkylation sites (N-methyl/N-ethyl adjacent to an activating group) is 1. The number of benzene rings is 1. The van der Waals surface area contributed by atoms with Gasteiger partial charge in [0.15, 0.2) is 0 Å². The van der Waals surface area contributed by atoms with Crippen LogP contribution in [0.3, 0.4) is 0 Å². The van der Waals surface area contributed by atoms with Crippen LogP contribution in [0.2, 0.25) is 0 Å². The van der Waals surface area contributed by atoms with Gasteiger partial charge in [-0.2, -0.15) is 0 Å². The minimum Gasteiger partial charge on any atom is -0.357 e. The maximum Gasteiger partial charge on any atom is 0.246 e. The molecule has 0 aliphatic rings. The molecule has 1 rings (SSSR count). The summed E-state index contributed by atoms with van der Waals surface area (Å²) in [6.45, 7) is 5.23. The number of hydrogen-bond acceptors (Lipinski definition) is 5. The van der Waals surface area contributed by atoms with Crippen LogP contribution in [0.1, 0.15) is 45.6 Å². The van der Waals surface area contributed by atoms with Gasteiger partial charge in [0, 0.05) is 26.3 Å². The molecule has 0 spiro atoms. The molecule has 0 unspecified atom stereocenters. The van der Waals surface area contributed by atoms with Crippen LogP contribution in [0.5, 0.6) is 0 Å². The fourth-order valence-corrected chi connectivity index (χ4v) is 2.95. The third-order valence-electron chi connectivity index (χ3n) is 4.37. The molecule has 7 nitrogen and oxygen atoms in total. The van der Waals surface area contributed by atoms with E-state index in [4.69, 9.17) is 5.73 Å². The van der Waals surface area contributed by atoms with E-state index in [1.165, 1.54) is 14.0 Å². The van der Waals surface area contributed by atoms with Gasteiger partial charge in [0.2, 0.25) is 17.7 Å². The van der Waals surface area contributed by atoms with Crippen molar-refractivity contribution >= 4 is 23.5 Å². The quantitative estimate of drug-likeness (QED) is 0.629. The Morgan fingerprint density at radius 2 is 1.68 bits per heavy atom. The van der Waals surface area contributed by atoms with Gasteiger partial charge in [0.05, 0.1) is 6.04 Å². The van der Waals surface area contributed by atoms with Gasteiger partial charge in [-0.25, -0.2) is 0 Å². The Balaban J connectivity index is 3.24. The molecule has 0 fully saturated rings. The summed E-state index contributed by atoms with van der Waals surface area (Å²) < 4.78 is 0. The number of carbonyl (C=O) groups is 4. The summed E-state index contributed by atoms with van der Waals surface area (Å²) in [4.78, 5) is 50.7. The summed E-state index contributed by atoms with van der Waals surface area (Å²) in [6, 6.07) is 7.22. The van der Waals surface area contributed by atoms with Crippen LogP contribution in [-0.4, -0.2) is 47.5 Å². The minimum atomic E-state index is -1.03. The molecule has 0 aromatic heterocycles. The van der Waals surface area contributed by atoms with Crippen LogP contribution in [0, 0.1) is 5.92 Å². The number of nitrogens with zero attached hydrogens (tertiary/aromatic N) is 1. The van der Waals surface area contributed by atoms with E-state index in [0.29, 0.717) is 6.42 Å². The highest BCUT2D eigenvalue weighted by molar-refractivity contribution is 6.03. The fraction of sp³-hybridized carbons (Fsp3) is 0.524. The van der Waals surface area contributed by atoms with Crippen LogP contribution < -0.4 is 11.1 Å². The van der Waals surface area contributed by atoms with Crippen molar-refractivity contribution < 1.29 is 19.2 Å². The first kappa shape index (κ1) is 23.5. The molecular weight excluding hydrogens is 358 g/mol. The van der Waals surface area contributed by atoms with Crippen molar-refractivity contribution in [1.29, 1.82) is 0 Å². The molecule has 7 heteroatoms. The highest BCUT2D eigenvalue weighted by Crippen LogP contribution is 2.16. The lowest BCUT2D eigenvalue weighted by atomic mass is 9.99. The van der Waals surface area contributed by atoms with Gasteiger partial charge in [-0.05, 0) is 24.8 Å². The zero-order valence-electron chi connectivity index (χ0n) is 17.1. The van der Waals surface area contributed by atoms with Gasteiger partial charge in [-0.3, -0.25) is 19.3 Å². The molecule has 0 saturated heterocycles. The number of carbonyl (C=O) groups excluding carboxylic acids is 4. The van der Waals surface area contributed by atoms with Gasteiger partial charge in [0.1, 0.15) is 11.8 Å². The van der Waals surface area contributed by atoms with Gasteiger partial charge in [-0.15, -0.1) is 0 Å². The van der Waals surface area contributed by atoms with Gasteiger partial charge in [0.25, 0.3) is 0 Å². The monoisotopic (exact) mass is 389 g/mol. The molecule has 0 bridgehead atoms. The molecule has 2 atom stereocenters. The van der Waals surface area contributed by atoms with Gasteiger partial charge in [-0.1, -0.05) is 44.2 Å². The number of rotatable bonds is 10. The summed E-state index contributed by atoms with van der Waals surface area (Å²) in [6.07, 6.45) is 0.430. The lowest BCUT2D eigenvalue weighted by Crippen LogP contribution is -2.57. The van der Waals surface area contributed by atoms with Gasteiger partial charge >= 0.3 is 0 Å². The summed E-state index contributed by atoms with van der Waals surface area (Å²) in [5.41, 5.74) is 6.85. The van der Waals surface area contributed by atoms with Gasteiger partial charge < -0.3 is 15.8 Å². The molecule has 0 heterocycles. The number of imide groups is 1. The summed E-state index contributed by atoms with van der Waals surface area (Å²) in [5.74, 6) is -1.62. The van der Waals surface area contributed by atoms with Crippen molar-refractivity contribution in [2.75, 3.05) is 7.05 Å². The van der Waals surface area contributed by atoms with E-state index >= 15 is 0 Å². The summed E-state index contributed by atoms with van der Waals surface area (Å²) >= 11 is 0. The number of Topliss-reactive ketones (excluding diaryl/α,β-unsaturated/α-hetero) is 1. The van der Waals surface area contributed by atoms with E-state index in [0.717, 1.165) is 10.5 Å². The number of ketones is 1. The first-order valence-electron chi connectivity index (χ1n) is 9.53. The second-order valence-electron chi connectivity index (χ2n) is 7.36. The average Bonchev–Trinajstić information content (AvgIpc) is 2.65. The van der Waals surface area contributed by atoms with E-state index in [9.17, 15) is 19.2 Å². The smallest absolute Gasteiger partial charge is 0.246 e. The van der Waals surface area contributed by atoms with E-state index in [-0.39, 0.29) is 31.0 Å². The Hall–Kier alpha value is -2.54. The van der Waals surface area contributed by atoms with Crippen LogP contribution in [0.15, 0.2) is 30.3 Å². The normalized spacial score (nSPS) is 12.9. The maximum absolute atomic E-state index is 13.0. The predicted octanol–water partition coefficient (Wildman–Crippen LogP) is 1.44. The van der Waals surface area contributed by atoms with Crippen LogP contribution in [0.25, 0.3) is 0 Å². The van der Waals surface area contributed by atoms with E-state index in [1.54, 1.807) is 0 Å². The molecular formula is C21H31N3O4. The van der Waals surface area contributed by atoms with Crippen molar-refractivity contribution in [3.63, 3.8) is 0 Å². The number of hydrogen-bond donors (Lipinski definition) is 2. The van der Waals surface area contributed by atoms with E-state index in [1.807, 2.05) is 44.2 Å². The Morgan fingerprint density at radius 1 is 1.07 bits per heavy atom. The van der Waals surface area contributed by atoms with Crippen LogP contribution in [0.4, 0.5) is 0 Å². The average molecular weight is 389 g/mol. The number of nitrogens with two attached hydrogens (primary N) is 1. The van der Waals surface area contributed by atoms with Crippen LogP contribution in [-0.2, 0) is 25.6 Å². The maximum atomic E-state index is 13.0. The SMILES string of the molecule is CNC(=O)[C@H](Cc1ccccc1)N(C(=O)CCC(C)=O)C(=O)[C@@H](N)CC(C)C. The third kappa shape index (κ3) is 7.23. The van der Waals surface area contributed by atoms with Crippen molar-refractivity contribution in [2.45, 2.75) is 58.5 Å². The highest BCUT2D eigenvalue weighted by atomic mass is 16.2. The summed E-state index contributed by atoms with van der Waals surface area (Å²) in [5, 5.41) is 2.53. The van der Waals surface area contributed by atoms with Crippen molar-refractivity contribution in [1.82, 2.24) is 10.2 Å². The molecule has 28 heavy (non-hydrogen) atoms. The number of nitrogens with one attached hydrogen (secondary N) is 1. The first-order valence-corrected chi connectivity index (χ1v) is 9.53. The fourth-order valence-electron chi connectivity index (χ4n) is 2.95. The lowest BCUT2D eigenvalue weighted by Gasteiger charge is -2.31. The zero-order chi connectivity index (χ0) is 21.3. The Morgan fingerprint density at radius 3 is 2.18 bits per heavy atom. The molecule has 0 radical (unpaired) electrons. The van der Waals surface area contributed by atoms with E-state index in [2.05, 4.69) is 5.32 Å². The molecule has 0 aliphatic heterocycles. The largest absolute Gasteiger partial charge is 0.357 e. The summed E-state index contributed by atoms with van der Waals surface area (Å²) in [7, 11) is 1.46. The van der Waals surface area contributed by atoms with Crippen molar-refractivity contribution in [3.8, 4) is 0 Å². The zero-order valence-corrected chi connectivity index (χ0v) is 17.1. The standard InChI is InChI=1S/C21H31N3O4/c1-14(2)12-17(22)21(28)24(19(26)11-10-15(3)25)18(20(27)23-4)13-16-8-6-5-7-9-16/h5-9,14,17-18H,10-13,22H2,1-4H3,(H,23,27)/t17-,18-/m0/s1. The predicted molar refractivity (Wildman–Crippen MR) is 107 cm³/mol. The Labute approximate surface area is 166 Å². The minimum absolute atomic E-state index is 0.00777. The topological polar surface area (TPSA) is 110 Å². The molecule has 0 aliphatic carbocycles. The lowest BCUT2D eigenvalue weighted by molar-refractivity contribution is -0.153. The molecule has 154 valence electrons. The van der Waals surface area contributed by atoms with Crippen LogP contribution >= 0.6 is 0 Å². The molecule has 3 N–H and O–H groups in total. The second kappa shape index (κ2) is 11.3. The third-order valence-corrected chi connectivity index (χ3v) is 4.37. The number of amides is 3. The first-order chi connectivity index (χ1) is 13.2. The molecule has 0 saturated carbocycles. The van der Waals surface area contributed by atoms with Crippen molar-refractivity contribution in [2.24, 2.45) is 11.7 Å². The second-order valence-corrected chi connectivity index (χ2v) is 7.36. The van der Waals surface area contributed by atoms with E-state index < -0.39 is 29.8 Å². The highest BCUT2D eigenvalue weighted by Gasteiger charge is 2.36. The van der Waals surface area contributed by atoms with Crippen molar-refractivity contribution in [3.05, 3.63) is 35.9 Å². The molecule has 3 amide bonds. The Bertz CT molecular complexity index is 688. The molecule has 1 aromatic carbocycles. The Kier molecular flexibility index (Phi) is 9.51. The molecule has 1 aromatic rings.